The number of amides is 1. The lowest BCUT2D eigenvalue weighted by Gasteiger charge is -2.27. The molecule has 0 radical (unpaired) electrons. The molecular formula is C13H12BrN3O. The molecule has 18 heavy (non-hydrogen) atoms. The molecule has 1 aromatic heterocycles. The highest BCUT2D eigenvalue weighted by Gasteiger charge is 2.17. The Labute approximate surface area is 113 Å². The third-order valence-corrected chi connectivity index (χ3v) is 3.66. The number of halogens is 1. The minimum Gasteiger partial charge on any atom is -0.353 e. The van der Waals surface area contributed by atoms with E-state index in [4.69, 9.17) is 0 Å². The molecule has 0 saturated carbocycles. The topological polar surface area (TPSA) is 45.2 Å². The molecule has 5 heteroatoms. The molecule has 1 aromatic carbocycles. The van der Waals surface area contributed by atoms with Crippen molar-refractivity contribution in [1.29, 1.82) is 0 Å². The number of anilines is 1. The van der Waals surface area contributed by atoms with E-state index < -0.39 is 0 Å². The number of carbonyl (C=O) groups excluding carboxylic acids is 1. The Morgan fingerprint density at radius 1 is 1.28 bits per heavy atom. The molecule has 2 heterocycles. The molecule has 1 amide bonds. The van der Waals surface area contributed by atoms with E-state index in [1.807, 2.05) is 35.2 Å². The summed E-state index contributed by atoms with van der Waals surface area (Å²) in [6.07, 6.45) is 0. The molecule has 4 nitrogen and oxygen atoms in total. The summed E-state index contributed by atoms with van der Waals surface area (Å²) in [5.41, 5.74) is 0.931. The summed E-state index contributed by atoms with van der Waals surface area (Å²) in [7, 11) is 0. The van der Waals surface area contributed by atoms with E-state index in [-0.39, 0.29) is 5.91 Å². The van der Waals surface area contributed by atoms with Crippen LogP contribution in [0.2, 0.25) is 0 Å². The van der Waals surface area contributed by atoms with E-state index in [0.717, 1.165) is 27.7 Å². The van der Waals surface area contributed by atoms with Crippen molar-refractivity contribution >= 4 is 38.6 Å². The molecular weight excluding hydrogens is 294 g/mol. The first-order valence-corrected chi connectivity index (χ1v) is 6.60. The quantitative estimate of drug-likeness (QED) is 0.876. The second-order valence-corrected chi connectivity index (χ2v) is 5.11. The van der Waals surface area contributed by atoms with Gasteiger partial charge in [-0.05, 0) is 34.1 Å². The Kier molecular flexibility index (Phi) is 2.91. The van der Waals surface area contributed by atoms with Gasteiger partial charge in [-0.25, -0.2) is 4.98 Å². The van der Waals surface area contributed by atoms with Crippen LogP contribution in [0.4, 0.5) is 5.82 Å². The summed E-state index contributed by atoms with van der Waals surface area (Å²) in [6, 6.07) is 9.99. The fourth-order valence-electron chi connectivity index (χ4n) is 2.11. The van der Waals surface area contributed by atoms with Crippen molar-refractivity contribution in [2.75, 3.05) is 24.5 Å². The fourth-order valence-corrected chi connectivity index (χ4v) is 2.58. The smallest absolute Gasteiger partial charge is 0.239 e. The van der Waals surface area contributed by atoms with Gasteiger partial charge in [0.05, 0.1) is 12.1 Å². The predicted molar refractivity (Wildman–Crippen MR) is 74.7 cm³/mol. The normalized spacial score (nSPS) is 15.8. The van der Waals surface area contributed by atoms with Crippen LogP contribution in [-0.4, -0.2) is 30.5 Å². The largest absolute Gasteiger partial charge is 0.353 e. The number of hydrogen-bond donors (Lipinski definition) is 1. The van der Waals surface area contributed by atoms with Crippen LogP contribution in [0.25, 0.3) is 10.9 Å². The third kappa shape index (κ3) is 2.06. The summed E-state index contributed by atoms with van der Waals surface area (Å²) in [5.74, 6) is 0.902. The summed E-state index contributed by atoms with van der Waals surface area (Å²) in [5, 5.41) is 3.90. The molecule has 0 atom stereocenters. The minimum absolute atomic E-state index is 0.0512. The summed E-state index contributed by atoms with van der Waals surface area (Å²) in [4.78, 5) is 18.0. The number of carbonyl (C=O) groups is 1. The fraction of sp³-hybridized carbons (Fsp3) is 0.231. The monoisotopic (exact) mass is 305 g/mol. The first-order chi connectivity index (χ1) is 8.74. The van der Waals surface area contributed by atoms with Gasteiger partial charge in [0.25, 0.3) is 0 Å². The standard InChI is InChI=1S/C13H12BrN3O/c14-10-3-1-2-9-4-5-11(16-13(9)10)17-7-6-15-12(18)8-17/h1-5H,6-8H2,(H,15,18). The number of para-hydroxylation sites is 1. The van der Waals surface area contributed by atoms with Crippen LogP contribution in [0.1, 0.15) is 0 Å². The van der Waals surface area contributed by atoms with Crippen LogP contribution in [0.5, 0.6) is 0 Å². The lowest BCUT2D eigenvalue weighted by Crippen LogP contribution is -2.48. The highest BCUT2D eigenvalue weighted by Crippen LogP contribution is 2.24. The number of pyridine rings is 1. The molecule has 1 N–H and O–H groups in total. The number of rotatable bonds is 1. The molecule has 1 aliphatic heterocycles. The van der Waals surface area contributed by atoms with Crippen molar-refractivity contribution in [2.24, 2.45) is 0 Å². The van der Waals surface area contributed by atoms with Crippen molar-refractivity contribution in [3.05, 3.63) is 34.8 Å². The van der Waals surface area contributed by atoms with Crippen LogP contribution in [0, 0.1) is 0 Å². The van der Waals surface area contributed by atoms with Gasteiger partial charge in [0.1, 0.15) is 5.82 Å². The lowest BCUT2D eigenvalue weighted by molar-refractivity contribution is -0.120. The number of nitrogens with zero attached hydrogens (tertiary/aromatic N) is 2. The Morgan fingerprint density at radius 2 is 2.17 bits per heavy atom. The molecule has 0 spiro atoms. The predicted octanol–water partition coefficient (Wildman–Crippen LogP) is 1.93. The summed E-state index contributed by atoms with van der Waals surface area (Å²) in [6.45, 7) is 1.85. The van der Waals surface area contributed by atoms with E-state index in [2.05, 4.69) is 26.2 Å². The highest BCUT2D eigenvalue weighted by atomic mass is 79.9. The maximum absolute atomic E-state index is 11.4. The van der Waals surface area contributed by atoms with Gasteiger partial charge in [-0.1, -0.05) is 12.1 Å². The maximum atomic E-state index is 11.4. The van der Waals surface area contributed by atoms with E-state index in [9.17, 15) is 4.79 Å². The molecule has 3 rings (SSSR count). The van der Waals surface area contributed by atoms with Gasteiger partial charge in [-0.15, -0.1) is 0 Å². The van der Waals surface area contributed by atoms with Crippen molar-refractivity contribution in [2.45, 2.75) is 0 Å². The molecule has 1 aliphatic rings. The van der Waals surface area contributed by atoms with Gasteiger partial charge in [0, 0.05) is 22.9 Å². The average molecular weight is 306 g/mol. The van der Waals surface area contributed by atoms with Crippen LogP contribution in [0.3, 0.4) is 0 Å². The molecule has 0 unspecified atom stereocenters. The van der Waals surface area contributed by atoms with Crippen molar-refractivity contribution < 1.29 is 4.79 Å². The number of piperazine rings is 1. The van der Waals surface area contributed by atoms with Gasteiger partial charge in [-0.3, -0.25) is 4.79 Å². The van der Waals surface area contributed by atoms with Gasteiger partial charge in [-0.2, -0.15) is 0 Å². The SMILES string of the molecule is O=C1CN(c2ccc3cccc(Br)c3n2)CCN1. The van der Waals surface area contributed by atoms with Crippen LogP contribution in [-0.2, 0) is 4.79 Å². The van der Waals surface area contributed by atoms with Gasteiger partial charge in [0.15, 0.2) is 0 Å². The zero-order valence-electron chi connectivity index (χ0n) is 9.69. The number of aromatic nitrogens is 1. The second-order valence-electron chi connectivity index (χ2n) is 4.25. The number of fused-ring (bicyclic) bond motifs is 1. The zero-order chi connectivity index (χ0) is 12.5. The highest BCUT2D eigenvalue weighted by molar-refractivity contribution is 9.10. The molecule has 92 valence electrons. The summed E-state index contributed by atoms with van der Waals surface area (Å²) < 4.78 is 0.975. The molecule has 1 fully saturated rings. The van der Waals surface area contributed by atoms with Crippen molar-refractivity contribution in [3.8, 4) is 0 Å². The number of hydrogen-bond acceptors (Lipinski definition) is 3. The molecule has 0 aliphatic carbocycles. The maximum Gasteiger partial charge on any atom is 0.239 e. The van der Waals surface area contributed by atoms with Crippen LogP contribution >= 0.6 is 15.9 Å². The van der Waals surface area contributed by atoms with Gasteiger partial charge in [0.2, 0.25) is 5.91 Å². The number of nitrogens with one attached hydrogen (secondary N) is 1. The van der Waals surface area contributed by atoms with Crippen LogP contribution < -0.4 is 10.2 Å². The Bertz CT molecular complexity index is 614. The van der Waals surface area contributed by atoms with Crippen molar-refractivity contribution in [3.63, 3.8) is 0 Å². The van der Waals surface area contributed by atoms with E-state index in [0.29, 0.717) is 13.1 Å². The Hall–Kier alpha value is -1.62. The lowest BCUT2D eigenvalue weighted by atomic mass is 10.2. The van der Waals surface area contributed by atoms with Crippen molar-refractivity contribution in [1.82, 2.24) is 10.3 Å². The molecule has 1 saturated heterocycles. The van der Waals surface area contributed by atoms with E-state index >= 15 is 0 Å². The van der Waals surface area contributed by atoms with Crippen LogP contribution in [0.15, 0.2) is 34.8 Å². The average Bonchev–Trinajstić information content (AvgIpc) is 2.39. The van der Waals surface area contributed by atoms with E-state index in [1.54, 1.807) is 0 Å². The molecule has 2 aromatic rings. The third-order valence-electron chi connectivity index (χ3n) is 3.02. The van der Waals surface area contributed by atoms with E-state index in [1.165, 1.54) is 0 Å². The number of benzene rings is 1. The first kappa shape index (κ1) is 11.5. The first-order valence-electron chi connectivity index (χ1n) is 5.81. The molecule has 0 bridgehead atoms. The Morgan fingerprint density at radius 3 is 3.00 bits per heavy atom. The second kappa shape index (κ2) is 4.57. The van der Waals surface area contributed by atoms with Gasteiger partial charge >= 0.3 is 0 Å². The Balaban J connectivity index is 2.02. The minimum atomic E-state index is 0.0512. The van der Waals surface area contributed by atoms with Gasteiger partial charge < -0.3 is 10.2 Å². The zero-order valence-corrected chi connectivity index (χ0v) is 11.3. The summed E-state index contributed by atoms with van der Waals surface area (Å²) >= 11 is 3.51.